The molecule has 2 atom stereocenters. The van der Waals surface area contributed by atoms with Crippen LogP contribution in [-0.4, -0.2) is 49.5 Å². The summed E-state index contributed by atoms with van der Waals surface area (Å²) in [6.07, 6.45) is 1.14. The van der Waals surface area contributed by atoms with Gasteiger partial charge >= 0.3 is 6.03 Å². The molecule has 1 aliphatic heterocycles. The number of hydrogen-bond acceptors (Lipinski definition) is 3. The third-order valence-corrected chi connectivity index (χ3v) is 6.34. The highest BCUT2D eigenvalue weighted by Crippen LogP contribution is 2.20. The number of carbonyl (C=O) groups is 1. The molecule has 1 heterocycles. The van der Waals surface area contributed by atoms with Crippen LogP contribution in [0.3, 0.4) is 0 Å². The molecular formula is C14H28N2O3S. The van der Waals surface area contributed by atoms with Crippen molar-refractivity contribution < 1.29 is 13.2 Å². The summed E-state index contributed by atoms with van der Waals surface area (Å²) in [6.45, 7) is 11.0. The molecule has 1 aliphatic rings. The average molecular weight is 304 g/mol. The van der Waals surface area contributed by atoms with Crippen LogP contribution in [0.2, 0.25) is 0 Å². The second kappa shape index (κ2) is 6.33. The number of nitrogens with one attached hydrogen (secondary N) is 1. The van der Waals surface area contributed by atoms with Crippen molar-refractivity contribution in [2.75, 3.05) is 25.4 Å². The van der Waals surface area contributed by atoms with Crippen LogP contribution in [-0.2, 0) is 9.84 Å². The second-order valence-corrected chi connectivity index (χ2v) is 9.88. The highest BCUT2D eigenvalue weighted by atomic mass is 32.2. The van der Waals surface area contributed by atoms with Crippen molar-refractivity contribution in [3.63, 3.8) is 0 Å². The number of hydrogen-bond donors (Lipinski definition) is 1. The zero-order valence-corrected chi connectivity index (χ0v) is 14.1. The molecule has 1 rings (SSSR count). The Morgan fingerprint density at radius 2 is 1.70 bits per heavy atom. The van der Waals surface area contributed by atoms with Crippen LogP contribution in [0.15, 0.2) is 0 Å². The molecule has 2 amide bonds. The molecule has 20 heavy (non-hydrogen) atoms. The van der Waals surface area contributed by atoms with Gasteiger partial charge in [-0.1, -0.05) is 13.8 Å². The molecule has 5 nitrogen and oxygen atoms in total. The minimum Gasteiger partial charge on any atom is -0.337 e. The first kappa shape index (κ1) is 17.3. The van der Waals surface area contributed by atoms with Crippen molar-refractivity contribution in [2.45, 2.75) is 45.8 Å². The summed E-state index contributed by atoms with van der Waals surface area (Å²) in [5.74, 6) is 0.992. The lowest BCUT2D eigenvalue weighted by atomic mass is 9.92. The van der Waals surface area contributed by atoms with Crippen LogP contribution < -0.4 is 5.32 Å². The standard InChI is InChI=1S/C14H28N2O3S/c1-11-8-12(2)10-16(9-11)13(17)15-6-7-20(18,19)14(3,4)5/h11-12H,6-10H2,1-5H3,(H,15,17). The maximum absolute atomic E-state index is 12.0. The molecule has 0 radical (unpaired) electrons. The Morgan fingerprint density at radius 1 is 1.20 bits per heavy atom. The summed E-state index contributed by atoms with van der Waals surface area (Å²) >= 11 is 0. The molecule has 0 aromatic heterocycles. The summed E-state index contributed by atoms with van der Waals surface area (Å²) in [6, 6.07) is -0.146. The number of rotatable bonds is 3. The van der Waals surface area contributed by atoms with Gasteiger partial charge in [0.15, 0.2) is 9.84 Å². The molecule has 118 valence electrons. The Kier molecular flexibility index (Phi) is 5.46. The lowest BCUT2D eigenvalue weighted by molar-refractivity contribution is 0.146. The highest BCUT2D eigenvalue weighted by Gasteiger charge is 2.29. The molecule has 0 aromatic rings. The summed E-state index contributed by atoms with van der Waals surface area (Å²) < 4.78 is 23.1. The van der Waals surface area contributed by atoms with Crippen LogP contribution in [0.5, 0.6) is 0 Å². The van der Waals surface area contributed by atoms with Crippen LogP contribution in [0, 0.1) is 11.8 Å². The highest BCUT2D eigenvalue weighted by molar-refractivity contribution is 7.92. The molecule has 0 aliphatic carbocycles. The first-order valence-corrected chi connectivity index (χ1v) is 8.93. The van der Waals surface area contributed by atoms with E-state index in [1.807, 2.05) is 0 Å². The summed E-state index contributed by atoms with van der Waals surface area (Å²) in [4.78, 5) is 13.8. The van der Waals surface area contributed by atoms with Crippen LogP contribution >= 0.6 is 0 Å². The van der Waals surface area contributed by atoms with Crippen molar-refractivity contribution >= 4 is 15.9 Å². The van der Waals surface area contributed by atoms with Crippen molar-refractivity contribution in [3.05, 3.63) is 0 Å². The Balaban J connectivity index is 2.45. The van der Waals surface area contributed by atoms with Gasteiger partial charge in [-0.2, -0.15) is 0 Å². The SMILES string of the molecule is CC1CC(C)CN(C(=O)NCCS(=O)(=O)C(C)(C)C)C1. The number of carbonyl (C=O) groups excluding carboxylic acids is 1. The fourth-order valence-electron chi connectivity index (χ4n) is 2.54. The fraction of sp³-hybridized carbons (Fsp3) is 0.929. The summed E-state index contributed by atoms with van der Waals surface area (Å²) in [7, 11) is -3.18. The van der Waals surface area contributed by atoms with E-state index < -0.39 is 14.6 Å². The first-order chi connectivity index (χ1) is 9.03. The van der Waals surface area contributed by atoms with Crippen molar-refractivity contribution in [2.24, 2.45) is 11.8 Å². The van der Waals surface area contributed by atoms with Gasteiger partial charge in [0.1, 0.15) is 0 Å². The molecule has 1 fully saturated rings. The maximum atomic E-state index is 12.0. The number of likely N-dealkylation sites (tertiary alicyclic amines) is 1. The van der Waals surface area contributed by atoms with Crippen LogP contribution in [0.4, 0.5) is 4.79 Å². The van der Waals surface area contributed by atoms with E-state index in [1.54, 1.807) is 25.7 Å². The van der Waals surface area contributed by atoms with E-state index in [4.69, 9.17) is 0 Å². The van der Waals surface area contributed by atoms with Gasteiger partial charge in [-0.15, -0.1) is 0 Å². The van der Waals surface area contributed by atoms with E-state index in [0.29, 0.717) is 11.8 Å². The summed E-state index contributed by atoms with van der Waals surface area (Å²) in [5.41, 5.74) is 0. The van der Waals surface area contributed by atoms with Gasteiger partial charge in [0.05, 0.1) is 10.5 Å². The summed E-state index contributed by atoms with van der Waals surface area (Å²) in [5, 5.41) is 2.73. The van der Waals surface area contributed by atoms with E-state index in [9.17, 15) is 13.2 Å². The predicted molar refractivity (Wildman–Crippen MR) is 81.5 cm³/mol. The number of piperidine rings is 1. The van der Waals surface area contributed by atoms with E-state index in [1.165, 1.54) is 0 Å². The Bertz CT molecular complexity index is 430. The van der Waals surface area contributed by atoms with Gasteiger partial charge in [-0.25, -0.2) is 13.2 Å². The van der Waals surface area contributed by atoms with E-state index >= 15 is 0 Å². The normalized spacial score (nSPS) is 24.6. The second-order valence-electron chi connectivity index (χ2n) is 7.01. The zero-order valence-electron chi connectivity index (χ0n) is 13.3. The molecular weight excluding hydrogens is 276 g/mol. The van der Waals surface area contributed by atoms with Crippen LogP contribution in [0.25, 0.3) is 0 Å². The number of sulfone groups is 1. The van der Waals surface area contributed by atoms with E-state index in [2.05, 4.69) is 19.2 Å². The lowest BCUT2D eigenvalue weighted by Crippen LogP contribution is -2.48. The molecule has 1 N–H and O–H groups in total. The predicted octanol–water partition coefficient (Wildman–Crippen LogP) is 1.89. The van der Waals surface area contributed by atoms with Gasteiger partial charge in [-0.05, 0) is 39.0 Å². The van der Waals surface area contributed by atoms with Gasteiger partial charge in [0, 0.05) is 19.6 Å². The third-order valence-electron chi connectivity index (χ3n) is 3.74. The first-order valence-electron chi connectivity index (χ1n) is 7.28. The third kappa shape index (κ3) is 4.65. The topological polar surface area (TPSA) is 66.5 Å². The van der Waals surface area contributed by atoms with Gasteiger partial charge in [-0.3, -0.25) is 0 Å². The number of amides is 2. The molecule has 6 heteroatoms. The molecule has 0 bridgehead atoms. The van der Waals surface area contributed by atoms with Gasteiger partial charge in [0.2, 0.25) is 0 Å². The zero-order chi connectivity index (χ0) is 15.6. The average Bonchev–Trinajstić information content (AvgIpc) is 2.25. The Labute approximate surface area is 123 Å². The van der Waals surface area contributed by atoms with Gasteiger partial charge in [0.25, 0.3) is 0 Å². The van der Waals surface area contributed by atoms with Crippen molar-refractivity contribution in [3.8, 4) is 0 Å². The largest absolute Gasteiger partial charge is 0.337 e. The van der Waals surface area contributed by atoms with Crippen molar-refractivity contribution in [1.82, 2.24) is 10.2 Å². The Morgan fingerprint density at radius 3 is 2.15 bits per heavy atom. The van der Waals surface area contributed by atoms with Crippen molar-refractivity contribution in [1.29, 1.82) is 0 Å². The fourth-order valence-corrected chi connectivity index (χ4v) is 3.52. The molecule has 2 unspecified atom stereocenters. The van der Waals surface area contributed by atoms with E-state index in [0.717, 1.165) is 19.5 Å². The molecule has 0 spiro atoms. The smallest absolute Gasteiger partial charge is 0.317 e. The van der Waals surface area contributed by atoms with Gasteiger partial charge < -0.3 is 10.2 Å². The number of urea groups is 1. The quantitative estimate of drug-likeness (QED) is 0.866. The van der Waals surface area contributed by atoms with E-state index in [-0.39, 0.29) is 18.3 Å². The minimum absolute atomic E-state index is 0.0127. The van der Waals surface area contributed by atoms with Crippen LogP contribution in [0.1, 0.15) is 41.0 Å². The molecule has 0 saturated carbocycles. The monoisotopic (exact) mass is 304 g/mol. The Hall–Kier alpha value is -0.780. The number of nitrogens with zero attached hydrogens (tertiary/aromatic N) is 1. The lowest BCUT2D eigenvalue weighted by Gasteiger charge is -2.35. The maximum Gasteiger partial charge on any atom is 0.317 e. The minimum atomic E-state index is -3.18. The molecule has 1 saturated heterocycles. The molecule has 0 aromatic carbocycles.